The largest absolute Gasteiger partial charge is 0.392 e. The molecular formula is C15H31N3O2. The topological polar surface area (TPSA) is 48.0 Å². The van der Waals surface area contributed by atoms with Crippen molar-refractivity contribution >= 4 is 0 Å². The van der Waals surface area contributed by atoms with Crippen molar-refractivity contribution < 1.29 is 9.84 Å². The Balaban J connectivity index is 2.00. The zero-order valence-corrected chi connectivity index (χ0v) is 13.3. The van der Waals surface area contributed by atoms with E-state index in [1.807, 2.05) is 7.05 Å². The van der Waals surface area contributed by atoms with E-state index in [0.29, 0.717) is 11.5 Å². The summed E-state index contributed by atoms with van der Waals surface area (Å²) in [5, 5.41) is 13.4. The summed E-state index contributed by atoms with van der Waals surface area (Å²) in [6.45, 7) is 5.71. The predicted octanol–water partition coefficient (Wildman–Crippen LogP) is -0.000600. The first-order valence-corrected chi connectivity index (χ1v) is 7.84. The smallest absolute Gasteiger partial charge is 0.0682 e. The van der Waals surface area contributed by atoms with Crippen LogP contribution < -0.4 is 5.32 Å². The molecule has 0 spiro atoms. The van der Waals surface area contributed by atoms with Gasteiger partial charge < -0.3 is 20.1 Å². The van der Waals surface area contributed by atoms with E-state index in [9.17, 15) is 5.11 Å². The molecule has 2 aliphatic rings. The number of hydrogen-bond donors (Lipinski definition) is 2. The predicted molar refractivity (Wildman–Crippen MR) is 81.0 cm³/mol. The van der Waals surface area contributed by atoms with Gasteiger partial charge in [-0.15, -0.1) is 0 Å². The van der Waals surface area contributed by atoms with Crippen molar-refractivity contribution in [2.24, 2.45) is 5.41 Å². The van der Waals surface area contributed by atoms with Gasteiger partial charge in [0.05, 0.1) is 6.10 Å². The van der Waals surface area contributed by atoms with Crippen molar-refractivity contribution in [3.8, 4) is 0 Å². The molecule has 5 nitrogen and oxygen atoms in total. The standard InChI is InChI=1S/C15H31N3O2/c1-16-11-15(4-6-20-7-5-15)12-18-10-14(19)8-13(18)9-17(2)3/h13-14,16,19H,4-12H2,1-3H3. The van der Waals surface area contributed by atoms with Crippen LogP contribution in [0.15, 0.2) is 0 Å². The minimum atomic E-state index is -0.161. The molecule has 2 rings (SSSR count). The highest BCUT2D eigenvalue weighted by Gasteiger charge is 2.39. The highest BCUT2D eigenvalue weighted by Crippen LogP contribution is 2.33. The van der Waals surface area contributed by atoms with Crippen LogP contribution in [0.4, 0.5) is 0 Å². The summed E-state index contributed by atoms with van der Waals surface area (Å²) in [5.41, 5.74) is 0.307. The molecule has 0 aromatic carbocycles. The lowest BCUT2D eigenvalue weighted by molar-refractivity contribution is -0.00805. The summed E-state index contributed by atoms with van der Waals surface area (Å²) in [6, 6.07) is 0.483. The first-order chi connectivity index (χ1) is 9.54. The Labute approximate surface area is 123 Å². The third-order valence-electron chi connectivity index (χ3n) is 4.73. The van der Waals surface area contributed by atoms with Gasteiger partial charge in [0.15, 0.2) is 0 Å². The van der Waals surface area contributed by atoms with Crippen LogP contribution in [0.1, 0.15) is 19.3 Å². The molecule has 0 aromatic rings. The van der Waals surface area contributed by atoms with E-state index in [1.54, 1.807) is 0 Å². The van der Waals surface area contributed by atoms with Gasteiger partial charge in [0.2, 0.25) is 0 Å². The van der Waals surface area contributed by atoms with Crippen molar-refractivity contribution in [1.82, 2.24) is 15.1 Å². The van der Waals surface area contributed by atoms with Crippen LogP contribution in [0.2, 0.25) is 0 Å². The Hall–Kier alpha value is -0.200. The molecule has 2 N–H and O–H groups in total. The maximum atomic E-state index is 10.0. The van der Waals surface area contributed by atoms with E-state index in [2.05, 4.69) is 29.2 Å². The van der Waals surface area contributed by atoms with Gasteiger partial charge in [0, 0.05) is 45.4 Å². The zero-order valence-electron chi connectivity index (χ0n) is 13.3. The summed E-state index contributed by atoms with van der Waals surface area (Å²) in [7, 11) is 6.26. The van der Waals surface area contributed by atoms with Crippen molar-refractivity contribution in [1.29, 1.82) is 0 Å². The second-order valence-corrected chi connectivity index (χ2v) is 6.88. The quantitative estimate of drug-likeness (QED) is 0.719. The average molecular weight is 285 g/mol. The van der Waals surface area contributed by atoms with Crippen molar-refractivity contribution in [3.05, 3.63) is 0 Å². The molecule has 2 atom stereocenters. The van der Waals surface area contributed by atoms with Gasteiger partial charge in [-0.2, -0.15) is 0 Å². The fourth-order valence-corrected chi connectivity index (χ4v) is 3.76. The molecule has 0 amide bonds. The number of β-amino-alcohol motifs (C(OH)–C–C–N with tert-alkyl or cyclic N) is 1. The minimum absolute atomic E-state index is 0.161. The molecule has 5 heteroatoms. The molecule has 0 aliphatic carbocycles. The average Bonchev–Trinajstić information content (AvgIpc) is 2.69. The number of likely N-dealkylation sites (tertiary alicyclic amines) is 1. The van der Waals surface area contributed by atoms with Gasteiger partial charge in [-0.1, -0.05) is 0 Å². The maximum absolute atomic E-state index is 10.0. The van der Waals surface area contributed by atoms with Crippen LogP contribution in [0.5, 0.6) is 0 Å². The number of likely N-dealkylation sites (N-methyl/N-ethyl adjacent to an activating group) is 1. The van der Waals surface area contributed by atoms with Gasteiger partial charge in [-0.3, -0.25) is 4.90 Å². The zero-order chi connectivity index (χ0) is 14.6. The summed E-state index contributed by atoms with van der Waals surface area (Å²) < 4.78 is 5.54. The number of nitrogens with zero attached hydrogens (tertiary/aromatic N) is 2. The van der Waals surface area contributed by atoms with Crippen LogP contribution in [0.3, 0.4) is 0 Å². The molecule has 0 aromatic heterocycles. The second kappa shape index (κ2) is 7.18. The normalized spacial score (nSPS) is 31.1. The molecule has 0 saturated carbocycles. The molecule has 20 heavy (non-hydrogen) atoms. The number of aliphatic hydroxyl groups is 1. The Morgan fingerprint density at radius 2 is 2.05 bits per heavy atom. The van der Waals surface area contributed by atoms with E-state index < -0.39 is 0 Å². The number of nitrogens with one attached hydrogen (secondary N) is 1. The molecule has 2 fully saturated rings. The van der Waals surface area contributed by atoms with Gasteiger partial charge in [0.1, 0.15) is 0 Å². The van der Waals surface area contributed by atoms with Gasteiger partial charge in [0.25, 0.3) is 0 Å². The lowest BCUT2D eigenvalue weighted by Gasteiger charge is -2.42. The highest BCUT2D eigenvalue weighted by molar-refractivity contribution is 4.93. The van der Waals surface area contributed by atoms with Gasteiger partial charge in [-0.25, -0.2) is 0 Å². The van der Waals surface area contributed by atoms with Crippen LogP contribution >= 0.6 is 0 Å². The second-order valence-electron chi connectivity index (χ2n) is 6.88. The van der Waals surface area contributed by atoms with Crippen molar-refractivity contribution in [2.45, 2.75) is 31.4 Å². The van der Waals surface area contributed by atoms with E-state index in [0.717, 1.165) is 58.7 Å². The lowest BCUT2D eigenvalue weighted by Crippen LogP contribution is -2.49. The maximum Gasteiger partial charge on any atom is 0.0682 e. The summed E-state index contributed by atoms with van der Waals surface area (Å²) in [4.78, 5) is 4.73. The highest BCUT2D eigenvalue weighted by atomic mass is 16.5. The SMILES string of the molecule is CNCC1(CN2CC(O)CC2CN(C)C)CCOCC1. The molecule has 2 aliphatic heterocycles. The molecular weight excluding hydrogens is 254 g/mol. The Bertz CT molecular complexity index is 287. The van der Waals surface area contributed by atoms with Gasteiger partial charge >= 0.3 is 0 Å². The fraction of sp³-hybridized carbons (Fsp3) is 1.00. The number of aliphatic hydroxyl groups excluding tert-OH is 1. The van der Waals surface area contributed by atoms with Crippen molar-refractivity contribution in [2.75, 3.05) is 60.5 Å². The monoisotopic (exact) mass is 285 g/mol. The van der Waals surface area contributed by atoms with Crippen LogP contribution in [-0.4, -0.2) is 87.6 Å². The molecule has 2 heterocycles. The molecule has 2 unspecified atom stereocenters. The molecule has 0 bridgehead atoms. The third kappa shape index (κ3) is 4.15. The van der Waals surface area contributed by atoms with Crippen LogP contribution in [0.25, 0.3) is 0 Å². The van der Waals surface area contributed by atoms with E-state index in [4.69, 9.17) is 4.74 Å². The summed E-state index contributed by atoms with van der Waals surface area (Å²) in [6.07, 6.45) is 2.99. The first-order valence-electron chi connectivity index (χ1n) is 7.84. The Kier molecular flexibility index (Phi) is 5.81. The van der Waals surface area contributed by atoms with E-state index >= 15 is 0 Å². The minimum Gasteiger partial charge on any atom is -0.392 e. The lowest BCUT2D eigenvalue weighted by atomic mass is 9.79. The Morgan fingerprint density at radius 1 is 1.35 bits per heavy atom. The Morgan fingerprint density at radius 3 is 2.65 bits per heavy atom. The van der Waals surface area contributed by atoms with Crippen molar-refractivity contribution in [3.63, 3.8) is 0 Å². The molecule has 118 valence electrons. The summed E-state index contributed by atoms with van der Waals surface area (Å²) in [5.74, 6) is 0. The third-order valence-corrected chi connectivity index (χ3v) is 4.73. The van der Waals surface area contributed by atoms with E-state index in [-0.39, 0.29) is 6.10 Å². The number of hydrogen-bond acceptors (Lipinski definition) is 5. The van der Waals surface area contributed by atoms with Gasteiger partial charge in [-0.05, 0) is 45.8 Å². The summed E-state index contributed by atoms with van der Waals surface area (Å²) >= 11 is 0. The molecule has 2 saturated heterocycles. The first kappa shape index (κ1) is 16.2. The molecule has 0 radical (unpaired) electrons. The number of ether oxygens (including phenoxy) is 1. The fourth-order valence-electron chi connectivity index (χ4n) is 3.76. The van der Waals surface area contributed by atoms with Crippen LogP contribution in [0, 0.1) is 5.41 Å². The van der Waals surface area contributed by atoms with E-state index in [1.165, 1.54) is 0 Å². The van der Waals surface area contributed by atoms with Crippen LogP contribution in [-0.2, 0) is 4.74 Å². The number of rotatable bonds is 6.